The standard InChI is InChI=1S/C14H19ClO2.C8H12N2/c1-4-17-14(16)11(3)7-12-6-5-10(2)13(8-12)9-15;1-6-4-3-5-7(10-2)8(6)9/h5-6,8,11H,4,7,9H2,1-3H3;3-5,10H,9H2,1-2H3. The first-order valence-electron chi connectivity index (χ1n) is 9.17. The van der Waals surface area contributed by atoms with E-state index in [1.807, 2.05) is 65.1 Å². The molecule has 0 aliphatic carbocycles. The largest absolute Gasteiger partial charge is 0.466 e. The zero-order chi connectivity index (χ0) is 20.4. The van der Waals surface area contributed by atoms with Crippen molar-refractivity contribution in [3.05, 3.63) is 58.7 Å². The number of carbonyl (C=O) groups is 1. The van der Waals surface area contributed by atoms with E-state index in [0.29, 0.717) is 18.9 Å². The van der Waals surface area contributed by atoms with Crippen LogP contribution in [-0.2, 0) is 21.8 Å². The highest BCUT2D eigenvalue weighted by Crippen LogP contribution is 2.20. The summed E-state index contributed by atoms with van der Waals surface area (Å²) in [6, 6.07) is 12.1. The van der Waals surface area contributed by atoms with Gasteiger partial charge < -0.3 is 15.8 Å². The quantitative estimate of drug-likeness (QED) is 0.409. The Hall–Kier alpha value is -2.20. The molecule has 2 aromatic rings. The highest BCUT2D eigenvalue weighted by Gasteiger charge is 2.14. The number of anilines is 2. The number of hydrogen-bond acceptors (Lipinski definition) is 4. The van der Waals surface area contributed by atoms with Crippen molar-refractivity contribution in [2.45, 2.75) is 40.0 Å². The zero-order valence-electron chi connectivity index (χ0n) is 16.9. The first-order chi connectivity index (χ1) is 12.8. The highest BCUT2D eigenvalue weighted by atomic mass is 35.5. The highest BCUT2D eigenvalue weighted by molar-refractivity contribution is 6.17. The average molecular weight is 391 g/mol. The van der Waals surface area contributed by atoms with E-state index in [9.17, 15) is 4.79 Å². The van der Waals surface area contributed by atoms with Crippen LogP contribution in [0.15, 0.2) is 36.4 Å². The molecule has 5 heteroatoms. The summed E-state index contributed by atoms with van der Waals surface area (Å²) in [4.78, 5) is 11.5. The Morgan fingerprint density at radius 3 is 2.48 bits per heavy atom. The van der Waals surface area contributed by atoms with Gasteiger partial charge in [0.2, 0.25) is 0 Å². The van der Waals surface area contributed by atoms with Crippen LogP contribution in [0.4, 0.5) is 11.4 Å². The first kappa shape index (κ1) is 22.8. The van der Waals surface area contributed by atoms with Crippen LogP contribution < -0.4 is 11.1 Å². The predicted octanol–water partition coefficient (Wildman–Crippen LogP) is 5.09. The van der Waals surface area contributed by atoms with Crippen molar-refractivity contribution >= 4 is 28.9 Å². The van der Waals surface area contributed by atoms with Crippen LogP contribution in [0.3, 0.4) is 0 Å². The summed E-state index contributed by atoms with van der Waals surface area (Å²) in [5, 5.41) is 3.01. The summed E-state index contributed by atoms with van der Waals surface area (Å²) in [5.74, 6) is 0.259. The third kappa shape index (κ3) is 7.14. The molecule has 0 heterocycles. The molecule has 0 aliphatic rings. The van der Waals surface area contributed by atoms with Gasteiger partial charge in [-0.25, -0.2) is 0 Å². The maximum atomic E-state index is 11.5. The summed E-state index contributed by atoms with van der Waals surface area (Å²) in [6.07, 6.45) is 0.697. The lowest BCUT2D eigenvalue weighted by Crippen LogP contribution is -2.17. The molecule has 0 aliphatic heterocycles. The van der Waals surface area contributed by atoms with E-state index in [4.69, 9.17) is 22.1 Å². The zero-order valence-corrected chi connectivity index (χ0v) is 17.7. The fourth-order valence-electron chi connectivity index (χ4n) is 2.62. The average Bonchev–Trinajstić information content (AvgIpc) is 2.66. The number of benzene rings is 2. The van der Waals surface area contributed by atoms with E-state index in [1.165, 1.54) is 5.56 Å². The van der Waals surface area contributed by atoms with Crippen molar-refractivity contribution in [2.24, 2.45) is 5.92 Å². The number of para-hydroxylation sites is 1. The Bertz CT molecular complexity index is 747. The number of nitrogens with two attached hydrogens (primary N) is 1. The van der Waals surface area contributed by atoms with Crippen LogP contribution in [0.5, 0.6) is 0 Å². The molecule has 27 heavy (non-hydrogen) atoms. The molecule has 4 nitrogen and oxygen atoms in total. The number of alkyl halides is 1. The van der Waals surface area contributed by atoms with Crippen LogP contribution in [0.25, 0.3) is 0 Å². The molecule has 0 amide bonds. The molecular weight excluding hydrogens is 360 g/mol. The minimum absolute atomic E-state index is 0.110. The summed E-state index contributed by atoms with van der Waals surface area (Å²) >= 11 is 5.86. The molecule has 1 unspecified atom stereocenters. The third-order valence-electron chi connectivity index (χ3n) is 4.38. The minimum atomic E-state index is -0.138. The molecule has 0 radical (unpaired) electrons. The third-order valence-corrected chi connectivity index (χ3v) is 4.67. The number of hydrogen-bond donors (Lipinski definition) is 2. The van der Waals surface area contributed by atoms with Crippen molar-refractivity contribution in [3.63, 3.8) is 0 Å². The van der Waals surface area contributed by atoms with Gasteiger partial charge in [0.25, 0.3) is 0 Å². The normalized spacial score (nSPS) is 11.2. The second kappa shape index (κ2) is 11.5. The lowest BCUT2D eigenvalue weighted by Gasteiger charge is -2.12. The molecule has 0 spiro atoms. The SMILES string of the molecule is CCOC(=O)C(C)Cc1ccc(C)c(CCl)c1.CNc1cccc(C)c1N. The molecule has 2 aromatic carbocycles. The second-order valence-corrected chi connectivity index (χ2v) is 6.81. The summed E-state index contributed by atoms with van der Waals surface area (Å²) in [7, 11) is 1.87. The monoisotopic (exact) mass is 390 g/mol. The Balaban J connectivity index is 0.000000309. The second-order valence-electron chi connectivity index (χ2n) is 6.54. The molecule has 0 saturated carbocycles. The number of rotatable bonds is 6. The molecule has 148 valence electrons. The number of halogens is 1. The number of nitrogens with one attached hydrogen (secondary N) is 1. The smallest absolute Gasteiger partial charge is 0.308 e. The van der Waals surface area contributed by atoms with Gasteiger partial charge in [-0.15, -0.1) is 11.6 Å². The van der Waals surface area contributed by atoms with Gasteiger partial charge in [0.15, 0.2) is 0 Å². The molecule has 0 aromatic heterocycles. The van der Waals surface area contributed by atoms with E-state index < -0.39 is 0 Å². The van der Waals surface area contributed by atoms with Gasteiger partial charge in [0.1, 0.15) is 0 Å². The molecule has 0 fully saturated rings. The summed E-state index contributed by atoms with van der Waals surface area (Å²) < 4.78 is 4.99. The molecule has 1 atom stereocenters. The summed E-state index contributed by atoms with van der Waals surface area (Å²) in [5.41, 5.74) is 12.1. The Morgan fingerprint density at radius 2 is 1.93 bits per heavy atom. The van der Waals surface area contributed by atoms with Crippen molar-refractivity contribution in [3.8, 4) is 0 Å². The van der Waals surface area contributed by atoms with Crippen LogP contribution in [-0.4, -0.2) is 19.6 Å². The number of esters is 1. The number of carbonyl (C=O) groups excluding carboxylic acids is 1. The van der Waals surface area contributed by atoms with Gasteiger partial charge in [-0.05, 0) is 55.5 Å². The Morgan fingerprint density at radius 1 is 1.22 bits per heavy atom. The van der Waals surface area contributed by atoms with Crippen molar-refractivity contribution in [1.29, 1.82) is 0 Å². The van der Waals surface area contributed by atoms with Crippen LogP contribution in [0.1, 0.15) is 36.1 Å². The van der Waals surface area contributed by atoms with Gasteiger partial charge in [-0.2, -0.15) is 0 Å². The van der Waals surface area contributed by atoms with E-state index in [1.54, 1.807) is 0 Å². The summed E-state index contributed by atoms with van der Waals surface area (Å²) in [6.45, 7) is 8.18. The van der Waals surface area contributed by atoms with E-state index in [-0.39, 0.29) is 11.9 Å². The Labute approximate surface area is 168 Å². The van der Waals surface area contributed by atoms with Gasteiger partial charge >= 0.3 is 5.97 Å². The van der Waals surface area contributed by atoms with Crippen molar-refractivity contribution in [2.75, 3.05) is 24.7 Å². The molecule has 3 N–H and O–H groups in total. The Kier molecular flexibility index (Phi) is 9.73. The lowest BCUT2D eigenvalue weighted by molar-refractivity contribution is -0.147. The lowest BCUT2D eigenvalue weighted by atomic mass is 9.98. The van der Waals surface area contributed by atoms with E-state index >= 15 is 0 Å². The number of ether oxygens (including phenoxy) is 1. The van der Waals surface area contributed by atoms with Gasteiger partial charge in [-0.3, -0.25) is 4.79 Å². The molecule has 0 saturated heterocycles. The molecular formula is C22H31ClN2O2. The fraction of sp³-hybridized carbons (Fsp3) is 0.409. The van der Waals surface area contributed by atoms with E-state index in [2.05, 4.69) is 11.4 Å². The van der Waals surface area contributed by atoms with Crippen LogP contribution in [0, 0.1) is 19.8 Å². The van der Waals surface area contributed by atoms with Gasteiger partial charge in [-0.1, -0.05) is 37.3 Å². The van der Waals surface area contributed by atoms with Gasteiger partial charge in [0.05, 0.1) is 23.9 Å². The van der Waals surface area contributed by atoms with Crippen molar-refractivity contribution < 1.29 is 9.53 Å². The molecule has 2 rings (SSSR count). The maximum Gasteiger partial charge on any atom is 0.308 e. The first-order valence-corrected chi connectivity index (χ1v) is 9.71. The van der Waals surface area contributed by atoms with Crippen LogP contribution >= 0.6 is 11.6 Å². The van der Waals surface area contributed by atoms with E-state index in [0.717, 1.165) is 28.1 Å². The minimum Gasteiger partial charge on any atom is -0.466 e. The van der Waals surface area contributed by atoms with Crippen molar-refractivity contribution in [1.82, 2.24) is 0 Å². The van der Waals surface area contributed by atoms with Gasteiger partial charge in [0, 0.05) is 12.9 Å². The topological polar surface area (TPSA) is 64.3 Å². The molecule has 0 bridgehead atoms. The number of aryl methyl sites for hydroxylation is 2. The maximum absolute atomic E-state index is 11.5. The van der Waals surface area contributed by atoms with Crippen LogP contribution in [0.2, 0.25) is 0 Å². The number of nitrogen functional groups attached to an aromatic ring is 1. The fourth-order valence-corrected chi connectivity index (χ4v) is 2.90. The predicted molar refractivity (Wildman–Crippen MR) is 115 cm³/mol.